The van der Waals surface area contributed by atoms with Gasteiger partial charge in [-0.25, -0.2) is 0 Å². The Kier molecular flexibility index (Phi) is 7.09. The van der Waals surface area contributed by atoms with E-state index < -0.39 is 0 Å². The molecule has 2 aromatic rings. The number of nitrogens with one attached hydrogen (secondary N) is 1. The number of carbonyl (C=O) groups is 1. The highest BCUT2D eigenvalue weighted by Gasteiger charge is 2.17. The summed E-state index contributed by atoms with van der Waals surface area (Å²) in [5.41, 5.74) is 1.09. The Hall–Kier alpha value is -2.04. The number of likely N-dealkylation sites (N-methyl/N-ethyl adjacent to an activating group) is 1. The molecule has 0 aliphatic rings. The molecule has 1 N–H and O–H groups in total. The van der Waals surface area contributed by atoms with Crippen LogP contribution >= 0.6 is 11.6 Å². The van der Waals surface area contributed by atoms with E-state index >= 15 is 0 Å². The van der Waals surface area contributed by atoms with Crippen molar-refractivity contribution in [1.29, 1.82) is 0 Å². The molecule has 0 aromatic heterocycles. The van der Waals surface area contributed by atoms with Gasteiger partial charge in [0.25, 0.3) is 0 Å². The zero-order valence-corrected chi connectivity index (χ0v) is 14.8. The van der Waals surface area contributed by atoms with E-state index in [1.807, 2.05) is 61.3 Å². The maximum absolute atomic E-state index is 12.2. The molecular formula is C19H23ClN2O2. The zero-order valence-electron chi connectivity index (χ0n) is 14.0. The van der Waals surface area contributed by atoms with Crippen LogP contribution in [-0.4, -0.2) is 37.0 Å². The van der Waals surface area contributed by atoms with Crippen molar-refractivity contribution in [3.05, 3.63) is 65.2 Å². The zero-order chi connectivity index (χ0) is 17.4. The van der Waals surface area contributed by atoms with Gasteiger partial charge in [-0.05, 0) is 43.8 Å². The molecule has 2 rings (SSSR count). The first kappa shape index (κ1) is 18.3. The smallest absolute Gasteiger partial charge is 0.237 e. The first-order chi connectivity index (χ1) is 11.6. The molecule has 24 heavy (non-hydrogen) atoms. The standard InChI is InChI=1S/C19H23ClN2O2/c1-15(19(23)21-14-16-6-4-3-5-7-16)22(2)12-13-24-18-10-8-17(20)9-11-18/h3-11,15H,12-14H2,1-2H3,(H,21,23)/t15-/m1/s1. The Morgan fingerprint density at radius 1 is 1.17 bits per heavy atom. The summed E-state index contributed by atoms with van der Waals surface area (Å²) < 4.78 is 5.66. The summed E-state index contributed by atoms with van der Waals surface area (Å²) in [7, 11) is 1.91. The molecule has 5 heteroatoms. The molecule has 1 amide bonds. The average molecular weight is 347 g/mol. The van der Waals surface area contributed by atoms with Gasteiger partial charge < -0.3 is 10.1 Å². The van der Waals surface area contributed by atoms with E-state index in [1.54, 1.807) is 12.1 Å². The number of nitrogens with zero attached hydrogens (tertiary/aromatic N) is 1. The molecule has 1 atom stereocenters. The topological polar surface area (TPSA) is 41.6 Å². The quantitative estimate of drug-likeness (QED) is 0.797. The van der Waals surface area contributed by atoms with Gasteiger partial charge >= 0.3 is 0 Å². The monoisotopic (exact) mass is 346 g/mol. The molecule has 2 aromatic carbocycles. The van der Waals surface area contributed by atoms with Crippen LogP contribution in [0.1, 0.15) is 12.5 Å². The Morgan fingerprint density at radius 3 is 2.50 bits per heavy atom. The summed E-state index contributed by atoms with van der Waals surface area (Å²) >= 11 is 5.84. The molecule has 0 bridgehead atoms. The van der Waals surface area contributed by atoms with Gasteiger partial charge in [0.2, 0.25) is 5.91 Å². The second-order valence-corrected chi connectivity index (χ2v) is 6.10. The van der Waals surface area contributed by atoms with Crippen LogP contribution in [0, 0.1) is 0 Å². The second kappa shape index (κ2) is 9.30. The minimum atomic E-state index is -0.220. The molecule has 0 saturated carbocycles. The van der Waals surface area contributed by atoms with Gasteiger partial charge in [0, 0.05) is 18.1 Å². The summed E-state index contributed by atoms with van der Waals surface area (Å²) in [4.78, 5) is 14.2. The summed E-state index contributed by atoms with van der Waals surface area (Å²) in [6, 6.07) is 16.9. The summed E-state index contributed by atoms with van der Waals surface area (Å²) in [6.45, 7) is 3.60. The van der Waals surface area contributed by atoms with E-state index in [9.17, 15) is 4.79 Å². The first-order valence-corrected chi connectivity index (χ1v) is 8.34. The number of rotatable bonds is 8. The molecule has 0 unspecified atom stereocenters. The van der Waals surface area contributed by atoms with Crippen LogP contribution in [0.15, 0.2) is 54.6 Å². The lowest BCUT2D eigenvalue weighted by Gasteiger charge is -2.23. The van der Waals surface area contributed by atoms with Gasteiger partial charge in [-0.1, -0.05) is 41.9 Å². The SMILES string of the molecule is C[C@H](C(=O)NCc1ccccc1)N(C)CCOc1ccc(Cl)cc1. The van der Waals surface area contributed by atoms with Crippen LogP contribution in [0.3, 0.4) is 0 Å². The fraction of sp³-hybridized carbons (Fsp3) is 0.316. The maximum atomic E-state index is 12.2. The molecule has 0 aliphatic carbocycles. The van der Waals surface area contributed by atoms with Crippen LogP contribution in [-0.2, 0) is 11.3 Å². The molecule has 0 radical (unpaired) electrons. The highest BCUT2D eigenvalue weighted by molar-refractivity contribution is 6.30. The summed E-state index contributed by atoms with van der Waals surface area (Å²) in [5.74, 6) is 0.779. The van der Waals surface area contributed by atoms with Gasteiger partial charge in [-0.2, -0.15) is 0 Å². The fourth-order valence-electron chi connectivity index (χ4n) is 2.16. The normalized spacial score (nSPS) is 12.0. The van der Waals surface area contributed by atoms with Crippen LogP contribution < -0.4 is 10.1 Å². The Balaban J connectivity index is 1.71. The van der Waals surface area contributed by atoms with Gasteiger partial charge in [0.15, 0.2) is 0 Å². The molecular weight excluding hydrogens is 324 g/mol. The van der Waals surface area contributed by atoms with E-state index in [2.05, 4.69) is 5.32 Å². The van der Waals surface area contributed by atoms with Crippen molar-refractivity contribution >= 4 is 17.5 Å². The minimum Gasteiger partial charge on any atom is -0.492 e. The number of halogens is 1. The molecule has 128 valence electrons. The van der Waals surface area contributed by atoms with Crippen molar-refractivity contribution in [2.75, 3.05) is 20.2 Å². The third-order valence-electron chi connectivity index (χ3n) is 3.88. The van der Waals surface area contributed by atoms with Crippen molar-refractivity contribution in [1.82, 2.24) is 10.2 Å². The third-order valence-corrected chi connectivity index (χ3v) is 4.13. The van der Waals surface area contributed by atoms with Gasteiger partial charge in [0.05, 0.1) is 6.04 Å². The van der Waals surface area contributed by atoms with Crippen LogP contribution in [0.25, 0.3) is 0 Å². The van der Waals surface area contributed by atoms with Crippen molar-refractivity contribution in [2.24, 2.45) is 0 Å². The van der Waals surface area contributed by atoms with E-state index in [4.69, 9.17) is 16.3 Å². The Morgan fingerprint density at radius 2 is 1.83 bits per heavy atom. The lowest BCUT2D eigenvalue weighted by atomic mass is 10.2. The third kappa shape index (κ3) is 5.87. The van der Waals surface area contributed by atoms with Gasteiger partial charge in [-0.15, -0.1) is 0 Å². The van der Waals surface area contributed by atoms with Crippen molar-refractivity contribution in [2.45, 2.75) is 19.5 Å². The Bertz CT molecular complexity index is 632. The average Bonchev–Trinajstić information content (AvgIpc) is 2.61. The molecule has 4 nitrogen and oxygen atoms in total. The molecule has 0 heterocycles. The molecule has 0 fully saturated rings. The Labute approximate surface area is 148 Å². The predicted molar refractivity (Wildman–Crippen MR) is 97.3 cm³/mol. The number of amides is 1. The molecule has 0 aliphatic heterocycles. The lowest BCUT2D eigenvalue weighted by Crippen LogP contribution is -2.44. The van der Waals surface area contributed by atoms with Crippen LogP contribution in [0.4, 0.5) is 0 Å². The van der Waals surface area contributed by atoms with E-state index in [0.717, 1.165) is 11.3 Å². The lowest BCUT2D eigenvalue weighted by molar-refractivity contribution is -0.125. The highest BCUT2D eigenvalue weighted by atomic mass is 35.5. The maximum Gasteiger partial charge on any atom is 0.237 e. The number of benzene rings is 2. The highest BCUT2D eigenvalue weighted by Crippen LogP contribution is 2.15. The molecule has 0 spiro atoms. The number of hydrogen-bond acceptors (Lipinski definition) is 3. The van der Waals surface area contributed by atoms with E-state index in [-0.39, 0.29) is 11.9 Å². The van der Waals surface area contributed by atoms with Crippen LogP contribution in [0.5, 0.6) is 5.75 Å². The fourth-order valence-corrected chi connectivity index (χ4v) is 2.29. The van der Waals surface area contributed by atoms with Crippen molar-refractivity contribution < 1.29 is 9.53 Å². The van der Waals surface area contributed by atoms with Gasteiger partial charge in [-0.3, -0.25) is 9.69 Å². The predicted octanol–water partition coefficient (Wildman–Crippen LogP) is 3.36. The van der Waals surface area contributed by atoms with Gasteiger partial charge in [0.1, 0.15) is 12.4 Å². The van der Waals surface area contributed by atoms with E-state index in [1.165, 1.54) is 0 Å². The number of hydrogen-bond donors (Lipinski definition) is 1. The van der Waals surface area contributed by atoms with Crippen molar-refractivity contribution in [3.8, 4) is 5.75 Å². The second-order valence-electron chi connectivity index (χ2n) is 5.66. The number of carbonyl (C=O) groups excluding carboxylic acids is 1. The molecule has 0 saturated heterocycles. The largest absolute Gasteiger partial charge is 0.492 e. The van der Waals surface area contributed by atoms with Crippen molar-refractivity contribution in [3.63, 3.8) is 0 Å². The number of ether oxygens (including phenoxy) is 1. The van der Waals surface area contributed by atoms with E-state index in [0.29, 0.717) is 24.7 Å². The minimum absolute atomic E-state index is 0.00726. The summed E-state index contributed by atoms with van der Waals surface area (Å²) in [6.07, 6.45) is 0. The van der Waals surface area contributed by atoms with Crippen LogP contribution in [0.2, 0.25) is 5.02 Å². The first-order valence-electron chi connectivity index (χ1n) is 7.96. The summed E-state index contributed by atoms with van der Waals surface area (Å²) in [5, 5.41) is 3.64.